The monoisotopic (exact) mass is 358 g/mol. The Morgan fingerprint density at radius 3 is 2.62 bits per heavy atom. The molecule has 0 bridgehead atoms. The summed E-state index contributed by atoms with van der Waals surface area (Å²) in [4.78, 5) is 5.17. The van der Waals surface area contributed by atoms with Crippen LogP contribution in [0.5, 0.6) is 0 Å². The molecule has 1 aliphatic carbocycles. The van der Waals surface area contributed by atoms with E-state index in [1.165, 1.54) is 18.6 Å². The summed E-state index contributed by atoms with van der Waals surface area (Å²) in [5.74, 6) is -1.36. The van der Waals surface area contributed by atoms with E-state index >= 15 is 0 Å². The Kier molecular flexibility index (Phi) is 4.62. The van der Waals surface area contributed by atoms with Gasteiger partial charge >= 0.3 is 0 Å². The van der Waals surface area contributed by atoms with E-state index in [-0.39, 0.29) is 5.82 Å². The average Bonchev–Trinajstić information content (AvgIpc) is 2.95. The van der Waals surface area contributed by atoms with Gasteiger partial charge in [-0.15, -0.1) is 0 Å². The number of H-pyrrole nitrogens is 1. The predicted molar refractivity (Wildman–Crippen MR) is 97.9 cm³/mol. The third kappa shape index (κ3) is 3.30. The summed E-state index contributed by atoms with van der Waals surface area (Å²) in [6.07, 6.45) is 6.75. The maximum atomic E-state index is 13.8. The molecule has 2 nitrogen and oxygen atoms in total. The highest BCUT2D eigenvalue weighted by atomic mass is 19.1. The van der Waals surface area contributed by atoms with Crippen LogP contribution in [0.15, 0.2) is 42.6 Å². The molecule has 0 radical (unpaired) electrons. The number of halogens is 3. The minimum Gasteiger partial charge on any atom is -0.368 e. The first-order chi connectivity index (χ1) is 12.6. The predicted octanol–water partition coefficient (Wildman–Crippen LogP) is 5.58. The van der Waals surface area contributed by atoms with E-state index in [9.17, 15) is 13.2 Å². The molecule has 26 heavy (non-hydrogen) atoms. The van der Waals surface area contributed by atoms with E-state index in [1.54, 1.807) is 18.3 Å². The van der Waals surface area contributed by atoms with Gasteiger partial charge in [-0.2, -0.15) is 0 Å². The quantitative estimate of drug-likeness (QED) is 0.610. The molecule has 1 aromatic heterocycles. The molecule has 1 aliphatic rings. The van der Waals surface area contributed by atoms with Crippen molar-refractivity contribution in [3.05, 3.63) is 65.6 Å². The highest BCUT2D eigenvalue weighted by Crippen LogP contribution is 2.30. The number of rotatable bonds is 6. The standard InChI is InChI=1S/C21H21F3N2/c22-15-5-1-8-18(10-15)26(17-6-2-7-17)9-3-4-14-13-25-21-19(14)11-16(23)12-20(21)24/h1,5,8,10-13,17,25H,2-4,6-7,9H2. The van der Waals surface area contributed by atoms with Crippen molar-refractivity contribution in [2.24, 2.45) is 0 Å². The van der Waals surface area contributed by atoms with Gasteiger partial charge in [0.05, 0.1) is 5.52 Å². The maximum absolute atomic E-state index is 13.8. The number of fused-ring (bicyclic) bond motifs is 1. The number of anilines is 1. The van der Waals surface area contributed by atoms with Gasteiger partial charge in [-0.1, -0.05) is 6.07 Å². The normalized spacial score (nSPS) is 14.6. The first-order valence-corrected chi connectivity index (χ1v) is 9.09. The number of aryl methyl sites for hydroxylation is 1. The van der Waals surface area contributed by atoms with Crippen molar-refractivity contribution in [2.75, 3.05) is 11.4 Å². The van der Waals surface area contributed by atoms with Gasteiger partial charge in [0.25, 0.3) is 0 Å². The summed E-state index contributed by atoms with van der Waals surface area (Å²) in [7, 11) is 0. The lowest BCUT2D eigenvalue weighted by molar-refractivity contribution is 0.384. The number of aromatic nitrogens is 1. The van der Waals surface area contributed by atoms with Gasteiger partial charge in [-0.25, -0.2) is 13.2 Å². The van der Waals surface area contributed by atoms with Crippen LogP contribution in [0.25, 0.3) is 10.9 Å². The smallest absolute Gasteiger partial charge is 0.150 e. The van der Waals surface area contributed by atoms with Gasteiger partial charge in [0.2, 0.25) is 0 Å². The second-order valence-corrected chi connectivity index (χ2v) is 6.99. The first-order valence-electron chi connectivity index (χ1n) is 9.09. The summed E-state index contributed by atoms with van der Waals surface area (Å²) >= 11 is 0. The van der Waals surface area contributed by atoms with Crippen LogP contribution in [0.2, 0.25) is 0 Å². The number of hydrogen-bond donors (Lipinski definition) is 1. The Labute approximate surface area is 150 Å². The molecular weight excluding hydrogens is 337 g/mol. The van der Waals surface area contributed by atoms with Gasteiger partial charge in [0.15, 0.2) is 0 Å². The first kappa shape index (κ1) is 17.0. The van der Waals surface area contributed by atoms with Crippen molar-refractivity contribution in [3.63, 3.8) is 0 Å². The zero-order chi connectivity index (χ0) is 18.1. The average molecular weight is 358 g/mol. The third-order valence-corrected chi connectivity index (χ3v) is 5.29. The number of nitrogens with one attached hydrogen (secondary N) is 1. The molecule has 1 heterocycles. The summed E-state index contributed by atoms with van der Waals surface area (Å²) in [5, 5.41) is 0.600. The topological polar surface area (TPSA) is 19.0 Å². The highest BCUT2D eigenvalue weighted by molar-refractivity contribution is 5.83. The zero-order valence-electron chi connectivity index (χ0n) is 14.4. The molecule has 4 rings (SSSR count). The molecular formula is C21H21F3N2. The molecule has 1 fully saturated rings. The molecule has 0 unspecified atom stereocenters. The number of hydrogen-bond acceptors (Lipinski definition) is 1. The minimum atomic E-state index is -0.567. The van der Waals surface area contributed by atoms with Crippen molar-refractivity contribution in [3.8, 4) is 0 Å². The van der Waals surface area contributed by atoms with Gasteiger partial charge in [0, 0.05) is 35.9 Å². The lowest BCUT2D eigenvalue weighted by Gasteiger charge is -2.39. The molecule has 2 aromatic carbocycles. The van der Waals surface area contributed by atoms with Gasteiger partial charge in [0.1, 0.15) is 17.5 Å². The molecule has 0 amide bonds. The summed E-state index contributed by atoms with van der Waals surface area (Å²) in [6.45, 7) is 0.790. The van der Waals surface area contributed by atoms with Crippen LogP contribution in [-0.2, 0) is 6.42 Å². The van der Waals surface area contributed by atoms with Crippen LogP contribution >= 0.6 is 0 Å². The molecule has 3 aromatic rings. The van der Waals surface area contributed by atoms with Crippen molar-refractivity contribution in [1.82, 2.24) is 4.98 Å². The summed E-state index contributed by atoms with van der Waals surface area (Å²) in [6, 6.07) is 9.44. The van der Waals surface area contributed by atoms with Gasteiger partial charge in [-0.3, -0.25) is 0 Å². The summed E-state index contributed by atoms with van der Waals surface area (Å²) < 4.78 is 40.9. The van der Waals surface area contributed by atoms with E-state index in [1.807, 2.05) is 6.07 Å². The van der Waals surface area contributed by atoms with Crippen molar-refractivity contribution in [1.29, 1.82) is 0 Å². The van der Waals surface area contributed by atoms with Crippen LogP contribution in [0.1, 0.15) is 31.2 Å². The fraction of sp³-hybridized carbons (Fsp3) is 0.333. The molecule has 1 saturated carbocycles. The van der Waals surface area contributed by atoms with Crippen LogP contribution in [0, 0.1) is 17.5 Å². The number of aromatic amines is 1. The molecule has 0 saturated heterocycles. The molecule has 0 atom stereocenters. The fourth-order valence-corrected chi connectivity index (χ4v) is 3.73. The van der Waals surface area contributed by atoms with E-state index in [4.69, 9.17) is 0 Å². The molecule has 0 aliphatic heterocycles. The van der Waals surface area contributed by atoms with Gasteiger partial charge in [-0.05, 0) is 61.9 Å². The Morgan fingerprint density at radius 2 is 1.88 bits per heavy atom. The molecule has 136 valence electrons. The molecule has 0 spiro atoms. The van der Waals surface area contributed by atoms with E-state index in [2.05, 4.69) is 9.88 Å². The SMILES string of the molecule is Fc1cccc(N(CCCc2c[nH]c3c(F)cc(F)cc23)C2CCC2)c1. The highest BCUT2D eigenvalue weighted by Gasteiger charge is 2.25. The second-order valence-electron chi connectivity index (χ2n) is 6.99. The maximum Gasteiger partial charge on any atom is 0.150 e. The Bertz CT molecular complexity index is 915. The van der Waals surface area contributed by atoms with Crippen LogP contribution in [0.4, 0.5) is 18.9 Å². The fourth-order valence-electron chi connectivity index (χ4n) is 3.73. The lowest BCUT2D eigenvalue weighted by Crippen LogP contribution is -2.41. The third-order valence-electron chi connectivity index (χ3n) is 5.29. The Hall–Kier alpha value is -2.43. The number of nitrogens with zero attached hydrogens (tertiary/aromatic N) is 1. The Balaban J connectivity index is 1.48. The summed E-state index contributed by atoms with van der Waals surface area (Å²) in [5.41, 5.74) is 2.17. The minimum absolute atomic E-state index is 0.227. The van der Waals surface area contributed by atoms with E-state index in [0.29, 0.717) is 23.4 Å². The van der Waals surface area contributed by atoms with E-state index < -0.39 is 11.6 Å². The lowest BCUT2D eigenvalue weighted by atomic mass is 9.90. The van der Waals surface area contributed by atoms with Crippen molar-refractivity contribution < 1.29 is 13.2 Å². The largest absolute Gasteiger partial charge is 0.368 e. The van der Waals surface area contributed by atoms with Crippen LogP contribution in [-0.4, -0.2) is 17.6 Å². The zero-order valence-corrected chi connectivity index (χ0v) is 14.4. The molecule has 1 N–H and O–H groups in total. The second kappa shape index (κ2) is 7.06. The van der Waals surface area contributed by atoms with Crippen LogP contribution in [0.3, 0.4) is 0 Å². The van der Waals surface area contributed by atoms with Crippen molar-refractivity contribution >= 4 is 16.6 Å². The van der Waals surface area contributed by atoms with Crippen molar-refractivity contribution in [2.45, 2.75) is 38.1 Å². The Morgan fingerprint density at radius 1 is 1.04 bits per heavy atom. The molecule has 5 heteroatoms. The number of benzene rings is 2. The van der Waals surface area contributed by atoms with Gasteiger partial charge < -0.3 is 9.88 Å². The van der Waals surface area contributed by atoms with E-state index in [0.717, 1.165) is 43.1 Å². The van der Waals surface area contributed by atoms with Crippen LogP contribution < -0.4 is 4.90 Å².